The maximum absolute atomic E-state index is 13.3. The number of aliphatic hydroxyl groups excluding tert-OH is 1. The van der Waals surface area contributed by atoms with E-state index in [1.165, 1.54) is 6.92 Å². The Morgan fingerprint density at radius 1 is 0.793 bits per heavy atom. The summed E-state index contributed by atoms with van der Waals surface area (Å²) in [6.07, 6.45) is 0.546. The first-order valence-electron chi connectivity index (χ1n) is 20.0. The molecule has 5 atom stereocenters. The van der Waals surface area contributed by atoms with E-state index >= 15 is 0 Å². The number of carbonyl (C=O) groups is 2. The zero-order valence-electron chi connectivity index (χ0n) is 32.5. The largest absolute Gasteiger partial charge is 0.392 e. The van der Waals surface area contributed by atoms with Gasteiger partial charge in [0.15, 0.2) is 12.1 Å². The summed E-state index contributed by atoms with van der Waals surface area (Å²) >= 11 is 0. The summed E-state index contributed by atoms with van der Waals surface area (Å²) < 4.78 is 15.9. The van der Waals surface area contributed by atoms with Gasteiger partial charge in [0.05, 0.1) is 35.9 Å². The van der Waals surface area contributed by atoms with Gasteiger partial charge in [-0.2, -0.15) is 0 Å². The Morgan fingerprint density at radius 3 is 2.21 bits per heavy atom. The molecule has 0 saturated carbocycles. The van der Waals surface area contributed by atoms with Crippen molar-refractivity contribution >= 4 is 28.5 Å². The molecule has 1 unspecified atom stereocenters. The molecule has 4 N–H and O–H groups in total. The topological polar surface area (TPSA) is 138 Å². The summed E-state index contributed by atoms with van der Waals surface area (Å²) in [5.74, 6) is -0.309. The first kappa shape index (κ1) is 39.0. The summed E-state index contributed by atoms with van der Waals surface area (Å²) in [6, 6.07) is 42.0. The SMILES string of the molecule is CC(=O)[C@@H](Cc1ccccc1)NC(=O)Nc1cccc(C2O[C@H](CN3CCC(n4c(=O)[nH]c5ccccc54)CC3)[C@@H](c3ccccc3)[C@H](c3ccc(CO)cc3)O2)c1. The van der Waals surface area contributed by atoms with Crippen molar-refractivity contribution in [3.63, 3.8) is 0 Å². The molecule has 3 heterocycles. The van der Waals surface area contributed by atoms with Crippen LogP contribution < -0.4 is 16.3 Å². The van der Waals surface area contributed by atoms with Gasteiger partial charge >= 0.3 is 11.7 Å². The molecule has 0 radical (unpaired) electrons. The molecular weight excluding hydrogens is 731 g/mol. The van der Waals surface area contributed by atoms with Crippen LogP contribution in [0.4, 0.5) is 10.5 Å². The van der Waals surface area contributed by atoms with E-state index in [4.69, 9.17) is 9.47 Å². The number of likely N-dealkylation sites (tertiary alicyclic amines) is 1. The number of ketones is 1. The monoisotopic (exact) mass is 779 g/mol. The number of anilines is 1. The van der Waals surface area contributed by atoms with Gasteiger partial charge in [0, 0.05) is 42.8 Å². The molecule has 2 amide bonds. The van der Waals surface area contributed by atoms with Gasteiger partial charge in [-0.05, 0) is 72.7 Å². The Hall–Kier alpha value is -5.85. The number of fused-ring (bicyclic) bond motifs is 1. The Morgan fingerprint density at radius 2 is 1.48 bits per heavy atom. The first-order valence-corrected chi connectivity index (χ1v) is 20.0. The molecule has 5 aromatic carbocycles. The lowest BCUT2D eigenvalue weighted by Crippen LogP contribution is -2.47. The van der Waals surface area contributed by atoms with Gasteiger partial charge in [0.2, 0.25) is 0 Å². The molecule has 2 aliphatic heterocycles. The van der Waals surface area contributed by atoms with E-state index in [0.717, 1.165) is 64.8 Å². The predicted molar refractivity (Wildman–Crippen MR) is 223 cm³/mol. The number of amides is 2. The van der Waals surface area contributed by atoms with E-state index in [-0.39, 0.29) is 36.1 Å². The fraction of sp³-hybridized carbons (Fsp3) is 0.298. The molecule has 2 fully saturated rings. The van der Waals surface area contributed by atoms with Crippen molar-refractivity contribution in [2.75, 3.05) is 25.0 Å². The second-order valence-corrected chi connectivity index (χ2v) is 15.3. The maximum atomic E-state index is 13.3. The van der Waals surface area contributed by atoms with E-state index in [2.05, 4.69) is 32.7 Å². The molecule has 11 nitrogen and oxygen atoms in total. The number of benzene rings is 5. The van der Waals surface area contributed by atoms with Crippen LogP contribution in [0.1, 0.15) is 71.9 Å². The van der Waals surface area contributed by atoms with Crippen molar-refractivity contribution in [3.05, 3.63) is 172 Å². The molecular formula is C47H49N5O6. The number of hydrogen-bond acceptors (Lipinski definition) is 7. The maximum Gasteiger partial charge on any atom is 0.326 e. The van der Waals surface area contributed by atoms with E-state index in [1.807, 2.05) is 120 Å². The summed E-state index contributed by atoms with van der Waals surface area (Å²) in [6.45, 7) is 3.63. The fourth-order valence-electron chi connectivity index (χ4n) is 8.45. The molecule has 2 saturated heterocycles. The number of rotatable bonds is 12. The third kappa shape index (κ3) is 8.83. The molecule has 1 aromatic heterocycles. The van der Waals surface area contributed by atoms with Crippen LogP contribution in [0.2, 0.25) is 0 Å². The van der Waals surface area contributed by atoms with Crippen molar-refractivity contribution in [3.8, 4) is 0 Å². The highest BCUT2D eigenvalue weighted by Gasteiger charge is 2.43. The summed E-state index contributed by atoms with van der Waals surface area (Å²) in [4.78, 5) is 44.3. The lowest BCUT2D eigenvalue weighted by molar-refractivity contribution is -0.264. The number of Topliss-reactive ketones (excluding diaryl/α,β-unsaturated/α-hetero) is 1. The van der Waals surface area contributed by atoms with E-state index in [1.54, 1.807) is 6.07 Å². The Labute approximate surface area is 337 Å². The predicted octanol–water partition coefficient (Wildman–Crippen LogP) is 7.42. The lowest BCUT2D eigenvalue weighted by Gasteiger charge is -2.45. The van der Waals surface area contributed by atoms with Gasteiger partial charge < -0.3 is 35.1 Å². The number of hydrogen-bond donors (Lipinski definition) is 4. The number of aromatic nitrogens is 2. The average molecular weight is 780 g/mol. The van der Waals surface area contributed by atoms with Crippen molar-refractivity contribution < 1.29 is 24.2 Å². The molecule has 2 aliphatic rings. The molecule has 11 heteroatoms. The number of carbonyl (C=O) groups excluding carboxylic acids is 2. The summed E-state index contributed by atoms with van der Waals surface area (Å²) in [7, 11) is 0. The highest BCUT2D eigenvalue weighted by atomic mass is 16.7. The van der Waals surface area contributed by atoms with Crippen molar-refractivity contribution in [2.45, 2.75) is 69.3 Å². The second-order valence-electron chi connectivity index (χ2n) is 15.3. The number of piperidine rings is 1. The minimum atomic E-state index is -0.775. The van der Waals surface area contributed by atoms with Crippen LogP contribution in [0.25, 0.3) is 11.0 Å². The minimum absolute atomic E-state index is 0.0598. The van der Waals surface area contributed by atoms with E-state index in [9.17, 15) is 19.5 Å². The number of nitrogens with zero attached hydrogens (tertiary/aromatic N) is 2. The van der Waals surface area contributed by atoms with Gasteiger partial charge in [-0.3, -0.25) is 9.36 Å². The van der Waals surface area contributed by atoms with Crippen LogP contribution in [0.5, 0.6) is 0 Å². The number of H-pyrrole nitrogens is 1. The highest BCUT2D eigenvalue weighted by Crippen LogP contribution is 2.47. The van der Waals surface area contributed by atoms with Crippen molar-refractivity contribution in [2.24, 2.45) is 0 Å². The molecule has 58 heavy (non-hydrogen) atoms. The number of aliphatic hydroxyl groups is 1. The zero-order valence-corrected chi connectivity index (χ0v) is 32.5. The van der Waals surface area contributed by atoms with Crippen LogP contribution in [0, 0.1) is 0 Å². The zero-order chi connectivity index (χ0) is 40.0. The van der Waals surface area contributed by atoms with Crippen LogP contribution in [0.15, 0.2) is 138 Å². The third-order valence-electron chi connectivity index (χ3n) is 11.5. The third-order valence-corrected chi connectivity index (χ3v) is 11.5. The quantitative estimate of drug-likeness (QED) is 0.102. The Bertz CT molecular complexity index is 2370. The van der Waals surface area contributed by atoms with Gasteiger partial charge in [-0.1, -0.05) is 109 Å². The van der Waals surface area contributed by atoms with Crippen LogP contribution >= 0.6 is 0 Å². The molecule has 0 aliphatic carbocycles. The number of urea groups is 1. The lowest BCUT2D eigenvalue weighted by atomic mass is 9.83. The molecule has 8 rings (SSSR count). The average Bonchev–Trinajstić information content (AvgIpc) is 3.59. The number of imidazole rings is 1. The van der Waals surface area contributed by atoms with E-state index in [0.29, 0.717) is 18.7 Å². The fourth-order valence-corrected chi connectivity index (χ4v) is 8.45. The highest BCUT2D eigenvalue weighted by molar-refractivity contribution is 5.93. The normalized spacial score (nSPS) is 20.7. The molecule has 6 aromatic rings. The second kappa shape index (κ2) is 17.7. The molecule has 0 spiro atoms. The number of para-hydroxylation sites is 2. The van der Waals surface area contributed by atoms with Crippen LogP contribution in [-0.2, 0) is 27.3 Å². The standard InChI is InChI=1S/C47H49N5O6/c1-31(54)40(27-32-11-4-2-5-12-32)49-46(55)48-37-16-10-15-36(28-37)45-57-42(29-51-25-23-38(24-26-51)52-41-18-9-8-17-39(41)50-47(52)56)43(34-13-6-3-7-14-34)44(58-45)35-21-19-33(30-53)20-22-35/h2-22,28,38,40,42-45,53H,23-27,29-30H2,1H3,(H,50,56)(H2,48,49,55)/t40-,42-,43-,44+,45?/m1/s1. The van der Waals surface area contributed by atoms with Gasteiger partial charge in [-0.25, -0.2) is 9.59 Å². The molecule has 0 bridgehead atoms. The summed E-state index contributed by atoms with van der Waals surface area (Å²) in [5.41, 5.74) is 6.79. The van der Waals surface area contributed by atoms with Crippen LogP contribution in [-0.4, -0.2) is 63.2 Å². The van der Waals surface area contributed by atoms with Gasteiger partial charge in [-0.15, -0.1) is 0 Å². The summed E-state index contributed by atoms with van der Waals surface area (Å²) in [5, 5.41) is 15.6. The van der Waals surface area contributed by atoms with Crippen LogP contribution in [0.3, 0.4) is 0 Å². The van der Waals surface area contributed by atoms with E-state index < -0.39 is 24.5 Å². The van der Waals surface area contributed by atoms with Gasteiger partial charge in [0.25, 0.3) is 0 Å². The first-order chi connectivity index (χ1) is 28.3. The Balaban J connectivity index is 1.05. The number of ether oxygens (including phenoxy) is 2. The van der Waals surface area contributed by atoms with Crippen molar-refractivity contribution in [1.82, 2.24) is 19.8 Å². The van der Waals surface area contributed by atoms with Crippen molar-refractivity contribution in [1.29, 1.82) is 0 Å². The van der Waals surface area contributed by atoms with Gasteiger partial charge in [0.1, 0.15) is 0 Å². The molecule has 298 valence electrons. The number of nitrogens with one attached hydrogen (secondary N) is 3. The minimum Gasteiger partial charge on any atom is -0.392 e. The smallest absolute Gasteiger partial charge is 0.326 e. The Kier molecular flexibility index (Phi) is 11.9. The number of aromatic amines is 1.